The molecule has 1 aromatic carbocycles. The van der Waals surface area contributed by atoms with E-state index in [1.165, 1.54) is 32.1 Å². The maximum absolute atomic E-state index is 6.31. The zero-order valence-corrected chi connectivity index (χ0v) is 13.1. The maximum atomic E-state index is 6.31. The number of benzene rings is 1. The van der Waals surface area contributed by atoms with Crippen LogP contribution in [0.5, 0.6) is 0 Å². The molecule has 19 heavy (non-hydrogen) atoms. The Labute approximate surface area is 126 Å². The van der Waals surface area contributed by atoms with E-state index < -0.39 is 0 Å². The molecule has 1 aliphatic carbocycles. The smallest absolute Gasteiger partial charge is 0.0453 e. The van der Waals surface area contributed by atoms with Crippen LogP contribution in [-0.4, -0.2) is 6.54 Å². The lowest BCUT2D eigenvalue weighted by molar-refractivity contribution is 0.142. The lowest BCUT2D eigenvalue weighted by Crippen LogP contribution is -2.37. The van der Waals surface area contributed by atoms with Gasteiger partial charge in [0, 0.05) is 10.0 Å². The number of halogens is 2. The molecule has 1 aliphatic rings. The van der Waals surface area contributed by atoms with Gasteiger partial charge in [-0.1, -0.05) is 55.5 Å². The van der Waals surface area contributed by atoms with Crippen molar-refractivity contribution in [2.45, 2.75) is 45.4 Å². The molecule has 1 fully saturated rings. The number of nitrogens with two attached hydrogens (primary N) is 1. The molecular weight excluding hydrogens is 277 g/mol. The first-order chi connectivity index (χ1) is 9.10. The van der Waals surface area contributed by atoms with Gasteiger partial charge in [0.25, 0.3) is 0 Å². The van der Waals surface area contributed by atoms with Crippen molar-refractivity contribution in [1.82, 2.24) is 0 Å². The molecule has 0 saturated heterocycles. The Morgan fingerprint density at radius 1 is 1.32 bits per heavy atom. The van der Waals surface area contributed by atoms with Gasteiger partial charge in [-0.3, -0.25) is 0 Å². The minimum absolute atomic E-state index is 0.188. The Hall–Kier alpha value is -0.240. The second-order valence-electron chi connectivity index (χ2n) is 5.95. The van der Waals surface area contributed by atoms with Gasteiger partial charge in [-0.25, -0.2) is 0 Å². The molecule has 0 aliphatic heterocycles. The lowest BCUT2D eigenvalue weighted by atomic mass is 9.66. The van der Waals surface area contributed by atoms with Crippen molar-refractivity contribution in [3.8, 4) is 0 Å². The van der Waals surface area contributed by atoms with Crippen LogP contribution >= 0.6 is 23.2 Å². The Bertz CT molecular complexity index is 413. The van der Waals surface area contributed by atoms with E-state index in [2.05, 4.69) is 6.92 Å². The maximum Gasteiger partial charge on any atom is 0.0453 e. The molecule has 3 heteroatoms. The molecule has 2 atom stereocenters. The molecule has 1 aromatic rings. The molecular formula is C16H23Cl2N. The molecule has 0 bridgehead atoms. The molecule has 1 nitrogen and oxygen atoms in total. The highest BCUT2D eigenvalue weighted by Gasteiger charge is 2.35. The van der Waals surface area contributed by atoms with Gasteiger partial charge in [0.1, 0.15) is 0 Å². The van der Waals surface area contributed by atoms with Gasteiger partial charge in [-0.15, -0.1) is 0 Å². The van der Waals surface area contributed by atoms with E-state index in [-0.39, 0.29) is 5.41 Å². The predicted octanol–water partition coefficient (Wildman–Crippen LogP) is 5.08. The van der Waals surface area contributed by atoms with E-state index in [4.69, 9.17) is 28.9 Å². The zero-order chi connectivity index (χ0) is 13.9. The molecule has 0 aromatic heterocycles. The third-order valence-electron chi connectivity index (χ3n) is 4.66. The lowest BCUT2D eigenvalue weighted by Gasteiger charge is -2.40. The fraction of sp³-hybridized carbons (Fsp3) is 0.625. The van der Waals surface area contributed by atoms with Crippen LogP contribution in [0.1, 0.15) is 44.6 Å². The number of hydrogen-bond donors (Lipinski definition) is 1. The van der Waals surface area contributed by atoms with E-state index in [9.17, 15) is 0 Å². The molecule has 0 spiro atoms. The van der Waals surface area contributed by atoms with Crippen LogP contribution < -0.4 is 5.73 Å². The molecule has 1 saturated carbocycles. The normalized spacial score (nSPS) is 27.5. The van der Waals surface area contributed by atoms with E-state index in [0.29, 0.717) is 0 Å². The quantitative estimate of drug-likeness (QED) is 0.824. The Morgan fingerprint density at radius 2 is 2.00 bits per heavy atom. The fourth-order valence-electron chi connectivity index (χ4n) is 3.43. The zero-order valence-electron chi connectivity index (χ0n) is 11.6. The standard InChI is InChI=1S/C16H23Cl2N/c1-2-12-5-4-8-16(9-12,11-19)10-13-14(17)6-3-7-15(13)18/h3,6-7,12H,2,4-5,8-11,19H2,1H3. The van der Waals surface area contributed by atoms with Crippen molar-refractivity contribution < 1.29 is 0 Å². The monoisotopic (exact) mass is 299 g/mol. The minimum Gasteiger partial charge on any atom is -0.330 e. The summed E-state index contributed by atoms with van der Waals surface area (Å²) in [5.41, 5.74) is 7.38. The summed E-state index contributed by atoms with van der Waals surface area (Å²) in [5.74, 6) is 0.804. The van der Waals surface area contributed by atoms with E-state index in [1.54, 1.807) is 0 Å². The SMILES string of the molecule is CCC1CCCC(CN)(Cc2c(Cl)cccc2Cl)C1. The summed E-state index contributed by atoms with van der Waals surface area (Å²) in [6, 6.07) is 5.75. The summed E-state index contributed by atoms with van der Waals surface area (Å²) in [7, 11) is 0. The highest BCUT2D eigenvalue weighted by molar-refractivity contribution is 6.36. The van der Waals surface area contributed by atoms with Crippen LogP contribution in [0.2, 0.25) is 10.0 Å². The summed E-state index contributed by atoms with van der Waals surface area (Å²) in [5, 5.41) is 1.55. The van der Waals surface area contributed by atoms with Gasteiger partial charge >= 0.3 is 0 Å². The first kappa shape index (κ1) is 15.2. The molecule has 0 amide bonds. The van der Waals surface area contributed by atoms with Crippen molar-refractivity contribution in [3.63, 3.8) is 0 Å². The van der Waals surface area contributed by atoms with Gasteiger partial charge in [-0.2, -0.15) is 0 Å². The van der Waals surface area contributed by atoms with Crippen LogP contribution in [-0.2, 0) is 6.42 Å². The minimum atomic E-state index is 0.188. The Morgan fingerprint density at radius 3 is 2.58 bits per heavy atom. The van der Waals surface area contributed by atoms with E-state index in [1.807, 2.05) is 18.2 Å². The summed E-state index contributed by atoms with van der Waals surface area (Å²) >= 11 is 12.6. The van der Waals surface area contributed by atoms with Crippen molar-refractivity contribution in [2.75, 3.05) is 6.54 Å². The molecule has 0 heterocycles. The van der Waals surface area contributed by atoms with Crippen molar-refractivity contribution >= 4 is 23.2 Å². The van der Waals surface area contributed by atoms with Crippen molar-refractivity contribution in [1.29, 1.82) is 0 Å². The topological polar surface area (TPSA) is 26.0 Å². The highest BCUT2D eigenvalue weighted by atomic mass is 35.5. The molecule has 0 radical (unpaired) electrons. The van der Waals surface area contributed by atoms with E-state index >= 15 is 0 Å². The molecule has 2 unspecified atom stereocenters. The molecule has 2 N–H and O–H groups in total. The van der Waals surface area contributed by atoms with Crippen LogP contribution in [0.25, 0.3) is 0 Å². The average molecular weight is 300 g/mol. The van der Waals surface area contributed by atoms with Gasteiger partial charge in [0.2, 0.25) is 0 Å². The second kappa shape index (κ2) is 6.47. The Kier molecular flexibility index (Phi) is 5.16. The van der Waals surface area contributed by atoms with Crippen molar-refractivity contribution in [2.24, 2.45) is 17.1 Å². The second-order valence-corrected chi connectivity index (χ2v) is 6.77. The summed E-state index contributed by atoms with van der Waals surface area (Å²) in [4.78, 5) is 0. The van der Waals surface area contributed by atoms with Gasteiger partial charge in [-0.05, 0) is 54.8 Å². The van der Waals surface area contributed by atoms with Crippen LogP contribution in [0, 0.1) is 11.3 Å². The average Bonchev–Trinajstić information content (AvgIpc) is 2.43. The predicted molar refractivity (Wildman–Crippen MR) is 83.9 cm³/mol. The van der Waals surface area contributed by atoms with Crippen LogP contribution in [0.15, 0.2) is 18.2 Å². The van der Waals surface area contributed by atoms with Crippen LogP contribution in [0.4, 0.5) is 0 Å². The van der Waals surface area contributed by atoms with Gasteiger partial charge in [0.15, 0.2) is 0 Å². The Balaban J connectivity index is 2.23. The summed E-state index contributed by atoms with van der Waals surface area (Å²) < 4.78 is 0. The molecule has 106 valence electrons. The third-order valence-corrected chi connectivity index (χ3v) is 5.37. The summed E-state index contributed by atoms with van der Waals surface area (Å²) in [6.07, 6.45) is 7.19. The van der Waals surface area contributed by atoms with Crippen molar-refractivity contribution in [3.05, 3.63) is 33.8 Å². The number of rotatable bonds is 4. The first-order valence-electron chi connectivity index (χ1n) is 7.23. The van der Waals surface area contributed by atoms with Gasteiger partial charge in [0.05, 0.1) is 0 Å². The fourth-order valence-corrected chi connectivity index (χ4v) is 3.96. The number of hydrogen-bond acceptors (Lipinski definition) is 1. The largest absolute Gasteiger partial charge is 0.330 e. The third kappa shape index (κ3) is 3.45. The van der Waals surface area contributed by atoms with E-state index in [0.717, 1.165) is 34.5 Å². The van der Waals surface area contributed by atoms with Crippen LogP contribution in [0.3, 0.4) is 0 Å². The highest BCUT2D eigenvalue weighted by Crippen LogP contribution is 2.44. The summed E-state index contributed by atoms with van der Waals surface area (Å²) in [6.45, 7) is 3.00. The van der Waals surface area contributed by atoms with Gasteiger partial charge < -0.3 is 5.73 Å². The molecule has 2 rings (SSSR count). The first-order valence-corrected chi connectivity index (χ1v) is 7.99.